The third-order valence-corrected chi connectivity index (χ3v) is 10.2. The highest BCUT2D eigenvalue weighted by Gasteiger charge is 2.17. The van der Waals surface area contributed by atoms with Crippen LogP contribution in [0.25, 0.3) is 84.0 Å². The number of para-hydroxylation sites is 2. The molecule has 8 nitrogen and oxygen atoms in total. The summed E-state index contributed by atoms with van der Waals surface area (Å²) < 4.78 is 14.2. The molecule has 0 amide bonds. The smallest absolute Gasteiger partial charge is 0.247 e. The van der Waals surface area contributed by atoms with Gasteiger partial charge in [0.05, 0.1) is 11.0 Å². The Labute approximate surface area is 320 Å². The summed E-state index contributed by atoms with van der Waals surface area (Å²) >= 11 is 0. The summed E-state index contributed by atoms with van der Waals surface area (Å²) in [6.45, 7) is 0. The molecule has 0 radical (unpaired) electrons. The molecule has 0 spiro atoms. The number of fused-ring (bicyclic) bond motifs is 5. The Kier molecular flexibility index (Phi) is 7.31. The first-order valence-electron chi connectivity index (χ1n) is 18.4. The van der Waals surface area contributed by atoms with E-state index in [1.807, 2.05) is 42.5 Å². The van der Waals surface area contributed by atoms with E-state index < -0.39 is 0 Å². The highest BCUT2D eigenvalue weighted by atomic mass is 16.4. The van der Waals surface area contributed by atoms with E-state index in [0.29, 0.717) is 23.2 Å². The van der Waals surface area contributed by atoms with Gasteiger partial charge in [-0.25, -0.2) is 19.9 Å². The van der Waals surface area contributed by atoms with Gasteiger partial charge in [-0.05, 0) is 126 Å². The maximum Gasteiger partial charge on any atom is 0.247 e. The number of hydrogen-bond acceptors (Lipinski definition) is 7. The summed E-state index contributed by atoms with van der Waals surface area (Å²) in [6, 6.07) is 58.7. The molecule has 56 heavy (non-hydrogen) atoms. The van der Waals surface area contributed by atoms with Gasteiger partial charge in [0.25, 0.3) is 0 Å². The lowest BCUT2D eigenvalue weighted by Gasteiger charge is -2.25. The molecule has 0 fully saturated rings. The van der Waals surface area contributed by atoms with Crippen molar-refractivity contribution in [2.45, 2.75) is 0 Å². The standard InChI is InChI=1S/C48H30N6O2/c1-2-8-35(9-3-1)53(37-23-16-32(17-24-37)45-51-41-11-6-28-49-47(41)55-45)36-21-14-31(15-22-36)34-20-27-44-40(30-34)39-10-4-5-13-43(39)54(44)38-25-18-33(19-26-38)46-52-42-12-7-29-50-48(42)56-46/h1-30H. The minimum atomic E-state index is 0.532. The maximum atomic E-state index is 5.94. The molecule has 0 bridgehead atoms. The van der Waals surface area contributed by atoms with Crippen LogP contribution in [0.2, 0.25) is 0 Å². The molecule has 8 heteroatoms. The Morgan fingerprint density at radius 1 is 0.411 bits per heavy atom. The Bertz CT molecular complexity index is 3120. The van der Waals surface area contributed by atoms with Gasteiger partial charge >= 0.3 is 0 Å². The molecule has 0 atom stereocenters. The lowest BCUT2D eigenvalue weighted by atomic mass is 10.0. The van der Waals surface area contributed by atoms with Crippen LogP contribution in [-0.4, -0.2) is 24.5 Å². The fourth-order valence-electron chi connectivity index (χ4n) is 7.55. The second-order valence-corrected chi connectivity index (χ2v) is 13.6. The maximum absolute atomic E-state index is 5.94. The van der Waals surface area contributed by atoms with Gasteiger partial charge < -0.3 is 18.3 Å². The average molecular weight is 723 g/mol. The van der Waals surface area contributed by atoms with Crippen LogP contribution in [0.5, 0.6) is 0 Å². The third-order valence-electron chi connectivity index (χ3n) is 10.2. The molecule has 11 rings (SSSR count). The van der Waals surface area contributed by atoms with Crippen molar-refractivity contribution in [1.82, 2.24) is 24.5 Å². The van der Waals surface area contributed by atoms with Gasteiger partial charge in [0, 0.05) is 57.0 Å². The summed E-state index contributed by atoms with van der Waals surface area (Å²) in [7, 11) is 0. The van der Waals surface area contributed by atoms with E-state index in [9.17, 15) is 0 Å². The molecular formula is C48H30N6O2. The Morgan fingerprint density at radius 2 is 0.929 bits per heavy atom. The normalized spacial score (nSPS) is 11.6. The predicted octanol–water partition coefficient (Wildman–Crippen LogP) is 12.3. The van der Waals surface area contributed by atoms with Crippen LogP contribution in [0.4, 0.5) is 17.1 Å². The molecule has 5 aromatic heterocycles. The van der Waals surface area contributed by atoms with Crippen LogP contribution in [0.15, 0.2) is 191 Å². The second kappa shape index (κ2) is 12.9. The first-order chi connectivity index (χ1) is 27.7. The van der Waals surface area contributed by atoms with Crippen LogP contribution in [0, 0.1) is 0 Å². The van der Waals surface area contributed by atoms with Crippen LogP contribution in [-0.2, 0) is 0 Å². The topological polar surface area (TPSA) is 86.0 Å². The van der Waals surface area contributed by atoms with Crippen LogP contribution < -0.4 is 4.90 Å². The largest absolute Gasteiger partial charge is 0.418 e. The molecule has 264 valence electrons. The van der Waals surface area contributed by atoms with Gasteiger partial charge in [-0.15, -0.1) is 0 Å². The molecule has 0 unspecified atom stereocenters. The molecule has 11 aromatic rings. The predicted molar refractivity (Wildman–Crippen MR) is 222 cm³/mol. The minimum Gasteiger partial charge on any atom is -0.418 e. The Morgan fingerprint density at radius 3 is 1.55 bits per heavy atom. The van der Waals surface area contributed by atoms with E-state index in [2.05, 4.69) is 157 Å². The average Bonchev–Trinajstić information content (AvgIpc) is 3.99. The zero-order valence-electron chi connectivity index (χ0n) is 29.8. The lowest BCUT2D eigenvalue weighted by Crippen LogP contribution is -2.09. The highest BCUT2D eigenvalue weighted by Crippen LogP contribution is 2.39. The van der Waals surface area contributed by atoms with Gasteiger partial charge in [0.1, 0.15) is 11.0 Å². The van der Waals surface area contributed by atoms with Crippen molar-refractivity contribution in [1.29, 1.82) is 0 Å². The van der Waals surface area contributed by atoms with E-state index in [4.69, 9.17) is 8.83 Å². The van der Waals surface area contributed by atoms with E-state index >= 15 is 0 Å². The fourth-order valence-corrected chi connectivity index (χ4v) is 7.55. The summed E-state index contributed by atoms with van der Waals surface area (Å²) in [5.41, 5.74) is 13.1. The van der Waals surface area contributed by atoms with Crippen molar-refractivity contribution in [3.8, 4) is 39.7 Å². The van der Waals surface area contributed by atoms with Crippen molar-refractivity contribution < 1.29 is 8.83 Å². The number of oxazole rings is 2. The fraction of sp³-hybridized carbons (Fsp3) is 0. The van der Waals surface area contributed by atoms with Crippen molar-refractivity contribution in [3.05, 3.63) is 182 Å². The number of nitrogens with zero attached hydrogens (tertiary/aromatic N) is 6. The number of benzene rings is 6. The van der Waals surface area contributed by atoms with E-state index in [0.717, 1.165) is 67.1 Å². The lowest BCUT2D eigenvalue weighted by molar-refractivity contribution is 0.607. The van der Waals surface area contributed by atoms with Crippen LogP contribution in [0.3, 0.4) is 0 Å². The van der Waals surface area contributed by atoms with Crippen molar-refractivity contribution in [2.24, 2.45) is 0 Å². The van der Waals surface area contributed by atoms with Gasteiger partial charge in [-0.1, -0.05) is 54.6 Å². The van der Waals surface area contributed by atoms with Gasteiger partial charge in [0.2, 0.25) is 23.2 Å². The number of aromatic nitrogens is 5. The molecule has 0 aliphatic carbocycles. The molecular weight excluding hydrogens is 693 g/mol. The second-order valence-electron chi connectivity index (χ2n) is 13.6. The van der Waals surface area contributed by atoms with E-state index in [-0.39, 0.29) is 0 Å². The van der Waals surface area contributed by atoms with Gasteiger partial charge in [0.15, 0.2) is 0 Å². The van der Waals surface area contributed by atoms with Gasteiger partial charge in [-0.3, -0.25) is 0 Å². The van der Waals surface area contributed by atoms with Crippen molar-refractivity contribution in [2.75, 3.05) is 4.90 Å². The quantitative estimate of drug-likeness (QED) is 0.162. The summed E-state index contributed by atoms with van der Waals surface area (Å²) in [5, 5.41) is 2.39. The van der Waals surface area contributed by atoms with E-state index in [1.165, 1.54) is 10.8 Å². The molecule has 0 aliphatic heterocycles. The number of pyridine rings is 2. The molecule has 0 saturated carbocycles. The van der Waals surface area contributed by atoms with Crippen molar-refractivity contribution >= 4 is 61.3 Å². The van der Waals surface area contributed by atoms with Crippen LogP contribution >= 0.6 is 0 Å². The van der Waals surface area contributed by atoms with Gasteiger partial charge in [-0.2, -0.15) is 0 Å². The summed E-state index contributed by atoms with van der Waals surface area (Å²) in [5.74, 6) is 1.11. The minimum absolute atomic E-state index is 0.532. The molecule has 0 N–H and O–H groups in total. The number of rotatable bonds is 7. The zero-order valence-corrected chi connectivity index (χ0v) is 29.8. The SMILES string of the molecule is c1ccc(N(c2ccc(-c3ccc4c(c3)c3ccccc3n4-c3ccc(-c4nc5cccnc5o4)cc3)cc2)c2ccc(-c3nc4cccnc4o3)cc2)cc1. The molecule has 0 aliphatic rings. The summed E-state index contributed by atoms with van der Waals surface area (Å²) in [6.07, 6.45) is 3.42. The number of anilines is 3. The zero-order chi connectivity index (χ0) is 37.0. The summed E-state index contributed by atoms with van der Waals surface area (Å²) in [4.78, 5) is 20.1. The monoisotopic (exact) mass is 722 g/mol. The molecule has 6 aromatic carbocycles. The number of hydrogen-bond donors (Lipinski definition) is 0. The molecule has 0 saturated heterocycles. The van der Waals surface area contributed by atoms with E-state index in [1.54, 1.807) is 12.4 Å². The molecule has 5 heterocycles. The third kappa shape index (κ3) is 5.39. The van der Waals surface area contributed by atoms with Crippen LogP contribution in [0.1, 0.15) is 0 Å². The Hall–Kier alpha value is -7.84. The first-order valence-corrected chi connectivity index (χ1v) is 18.4. The highest BCUT2D eigenvalue weighted by molar-refractivity contribution is 6.10. The first kappa shape index (κ1) is 31.7. The van der Waals surface area contributed by atoms with Crippen molar-refractivity contribution in [3.63, 3.8) is 0 Å². The Balaban J connectivity index is 0.926.